The number of aliphatic imine (C=N–C) groups is 1. The zero-order valence-electron chi connectivity index (χ0n) is 17.9. The number of nitrogens with one attached hydrogen (secondary N) is 1. The Morgan fingerprint density at radius 3 is 2.60 bits per heavy atom. The van der Waals surface area contributed by atoms with Gasteiger partial charge in [0, 0.05) is 25.8 Å². The van der Waals surface area contributed by atoms with Gasteiger partial charge in [-0.05, 0) is 43.2 Å². The van der Waals surface area contributed by atoms with Crippen LogP contribution in [0.4, 0.5) is 0 Å². The molecule has 2 heterocycles. The normalized spacial score (nSPS) is 18.7. The van der Waals surface area contributed by atoms with Crippen molar-refractivity contribution in [2.45, 2.75) is 20.4 Å². The Morgan fingerprint density at radius 1 is 1.23 bits per heavy atom. The predicted octanol–water partition coefficient (Wildman–Crippen LogP) is 2.71. The number of likely N-dealkylation sites (tertiary alicyclic amines) is 1. The second-order valence-corrected chi connectivity index (χ2v) is 7.13. The van der Waals surface area contributed by atoms with Gasteiger partial charge in [0.2, 0.25) is 0 Å². The van der Waals surface area contributed by atoms with Gasteiger partial charge in [-0.2, -0.15) is 5.10 Å². The number of carbonyl (C=O) groups is 1. The number of aromatic nitrogens is 2. The number of benzene rings is 1. The van der Waals surface area contributed by atoms with Gasteiger partial charge in [0.15, 0.2) is 5.96 Å². The summed E-state index contributed by atoms with van der Waals surface area (Å²) in [6.45, 7) is 6.70. The lowest BCUT2D eigenvalue weighted by molar-refractivity contribution is -0.145. The van der Waals surface area contributed by atoms with Gasteiger partial charge >= 0.3 is 5.97 Å². The highest BCUT2D eigenvalue weighted by atomic mass is 127. The molecule has 1 saturated heterocycles. The number of hydrogen-bond acceptors (Lipinski definition) is 5. The minimum absolute atomic E-state index is 0. The van der Waals surface area contributed by atoms with Gasteiger partial charge in [-0.25, -0.2) is 9.67 Å². The van der Waals surface area contributed by atoms with Gasteiger partial charge in [-0.15, -0.1) is 24.0 Å². The number of esters is 1. The summed E-state index contributed by atoms with van der Waals surface area (Å²) in [5.41, 5.74) is 1.83. The fraction of sp³-hybridized carbons (Fsp3) is 0.476. The number of methoxy groups -OCH3 is 2. The Hall–Kier alpha value is -2.30. The highest BCUT2D eigenvalue weighted by molar-refractivity contribution is 14.0. The monoisotopic (exact) mass is 527 g/mol. The van der Waals surface area contributed by atoms with Crippen molar-refractivity contribution >= 4 is 35.9 Å². The second kappa shape index (κ2) is 11.2. The molecule has 30 heavy (non-hydrogen) atoms. The molecule has 2 aromatic rings. The fourth-order valence-corrected chi connectivity index (χ4v) is 3.50. The van der Waals surface area contributed by atoms with E-state index in [-0.39, 0.29) is 41.8 Å². The summed E-state index contributed by atoms with van der Waals surface area (Å²) in [4.78, 5) is 18.8. The van der Waals surface area contributed by atoms with E-state index in [2.05, 4.69) is 22.2 Å². The van der Waals surface area contributed by atoms with Crippen LogP contribution in [0.1, 0.15) is 19.5 Å². The third-order valence-electron chi connectivity index (χ3n) is 5.12. The van der Waals surface area contributed by atoms with E-state index in [4.69, 9.17) is 14.5 Å². The molecular weight excluding hydrogens is 497 g/mol. The topological polar surface area (TPSA) is 81.0 Å². The molecule has 0 aliphatic carbocycles. The van der Waals surface area contributed by atoms with Gasteiger partial charge < -0.3 is 19.7 Å². The first kappa shape index (κ1) is 24.0. The smallest absolute Gasteiger partial charge is 0.310 e. The van der Waals surface area contributed by atoms with Crippen LogP contribution in [-0.4, -0.2) is 60.5 Å². The molecule has 1 aromatic carbocycles. The molecule has 1 aliphatic heterocycles. The average Bonchev–Trinajstić information content (AvgIpc) is 3.37. The Bertz CT molecular complexity index is 853. The van der Waals surface area contributed by atoms with Crippen LogP contribution < -0.4 is 10.1 Å². The van der Waals surface area contributed by atoms with E-state index < -0.39 is 0 Å². The molecule has 9 heteroatoms. The molecule has 2 unspecified atom stereocenters. The molecule has 0 amide bonds. The van der Waals surface area contributed by atoms with E-state index in [1.54, 1.807) is 7.11 Å². The summed E-state index contributed by atoms with van der Waals surface area (Å²) in [6, 6.07) is 9.69. The quantitative estimate of drug-likeness (QED) is 0.270. The van der Waals surface area contributed by atoms with Crippen molar-refractivity contribution in [3.8, 4) is 11.4 Å². The van der Waals surface area contributed by atoms with Crippen molar-refractivity contribution < 1.29 is 14.3 Å². The molecule has 1 aromatic heterocycles. The molecule has 8 nitrogen and oxygen atoms in total. The maximum atomic E-state index is 12.0. The first-order chi connectivity index (χ1) is 14.0. The van der Waals surface area contributed by atoms with Crippen molar-refractivity contribution in [3.05, 3.63) is 42.2 Å². The van der Waals surface area contributed by atoms with Crippen LogP contribution in [0.15, 0.2) is 41.5 Å². The summed E-state index contributed by atoms with van der Waals surface area (Å²) < 4.78 is 12.0. The molecule has 1 fully saturated rings. The van der Waals surface area contributed by atoms with E-state index in [0.717, 1.165) is 36.2 Å². The van der Waals surface area contributed by atoms with Crippen molar-refractivity contribution in [2.24, 2.45) is 16.8 Å². The zero-order chi connectivity index (χ0) is 20.8. The summed E-state index contributed by atoms with van der Waals surface area (Å²) in [5.74, 6) is 1.55. The van der Waals surface area contributed by atoms with Gasteiger partial charge in [0.05, 0.1) is 38.1 Å². The largest absolute Gasteiger partial charge is 0.497 e. The van der Waals surface area contributed by atoms with E-state index in [9.17, 15) is 4.79 Å². The van der Waals surface area contributed by atoms with Gasteiger partial charge in [-0.3, -0.25) is 4.79 Å². The van der Waals surface area contributed by atoms with Crippen molar-refractivity contribution in [1.82, 2.24) is 20.0 Å². The fourth-order valence-electron chi connectivity index (χ4n) is 3.50. The van der Waals surface area contributed by atoms with Crippen molar-refractivity contribution in [1.29, 1.82) is 0 Å². The minimum atomic E-state index is -0.158. The van der Waals surface area contributed by atoms with Crippen LogP contribution in [0, 0.1) is 11.8 Å². The molecule has 0 spiro atoms. The molecular formula is C21H30IN5O3. The number of carbonyl (C=O) groups excluding carboxylic acids is 1. The van der Waals surface area contributed by atoms with Crippen LogP contribution in [0.2, 0.25) is 0 Å². The van der Waals surface area contributed by atoms with Crippen molar-refractivity contribution in [2.75, 3.05) is 33.9 Å². The molecule has 1 N–H and O–H groups in total. The lowest BCUT2D eigenvalue weighted by Crippen LogP contribution is -2.40. The standard InChI is InChI=1S/C21H29N5O3.HI/c1-5-22-21(25-13-15(2)19(14-25)20(27)29-4)23-12-16-10-11-26(24-16)17-6-8-18(28-3)9-7-17;/h6-11,15,19H,5,12-14H2,1-4H3,(H,22,23);1H. The third-order valence-corrected chi connectivity index (χ3v) is 5.12. The van der Waals surface area contributed by atoms with E-state index in [1.165, 1.54) is 7.11 Å². The summed E-state index contributed by atoms with van der Waals surface area (Å²) in [6.07, 6.45) is 1.92. The van der Waals surface area contributed by atoms with Crippen LogP contribution in [-0.2, 0) is 16.1 Å². The van der Waals surface area contributed by atoms with Crippen LogP contribution in [0.25, 0.3) is 5.69 Å². The summed E-state index contributed by atoms with van der Waals surface area (Å²) in [5, 5.41) is 7.93. The van der Waals surface area contributed by atoms with Crippen LogP contribution >= 0.6 is 24.0 Å². The Morgan fingerprint density at radius 2 is 1.97 bits per heavy atom. The maximum Gasteiger partial charge on any atom is 0.310 e. The molecule has 164 valence electrons. The first-order valence-electron chi connectivity index (χ1n) is 9.85. The van der Waals surface area contributed by atoms with Gasteiger partial charge in [-0.1, -0.05) is 6.92 Å². The average molecular weight is 527 g/mol. The number of nitrogens with zero attached hydrogens (tertiary/aromatic N) is 4. The molecule has 0 radical (unpaired) electrons. The highest BCUT2D eigenvalue weighted by Crippen LogP contribution is 2.24. The lowest BCUT2D eigenvalue weighted by Gasteiger charge is -2.21. The van der Waals surface area contributed by atoms with E-state index >= 15 is 0 Å². The minimum Gasteiger partial charge on any atom is -0.497 e. The Balaban J connectivity index is 0.00000320. The van der Waals surface area contributed by atoms with E-state index in [1.807, 2.05) is 48.1 Å². The number of guanidine groups is 1. The maximum absolute atomic E-state index is 12.0. The molecule has 0 bridgehead atoms. The highest BCUT2D eigenvalue weighted by Gasteiger charge is 2.36. The predicted molar refractivity (Wildman–Crippen MR) is 127 cm³/mol. The van der Waals surface area contributed by atoms with Crippen molar-refractivity contribution in [3.63, 3.8) is 0 Å². The molecule has 2 atom stereocenters. The number of hydrogen-bond donors (Lipinski definition) is 1. The first-order valence-corrected chi connectivity index (χ1v) is 9.85. The lowest BCUT2D eigenvalue weighted by atomic mass is 9.99. The Kier molecular flexibility index (Phi) is 8.94. The second-order valence-electron chi connectivity index (χ2n) is 7.13. The number of rotatable bonds is 6. The summed E-state index contributed by atoms with van der Waals surface area (Å²) in [7, 11) is 3.09. The Labute approximate surface area is 194 Å². The third kappa shape index (κ3) is 5.65. The molecule has 0 saturated carbocycles. The number of ether oxygens (including phenoxy) is 2. The summed E-state index contributed by atoms with van der Waals surface area (Å²) >= 11 is 0. The van der Waals surface area contributed by atoms with E-state index in [0.29, 0.717) is 13.1 Å². The molecule has 1 aliphatic rings. The molecule has 3 rings (SSSR count). The van der Waals surface area contributed by atoms with Crippen LogP contribution in [0.5, 0.6) is 5.75 Å². The van der Waals surface area contributed by atoms with Crippen LogP contribution in [0.3, 0.4) is 0 Å². The number of halogens is 1. The zero-order valence-corrected chi connectivity index (χ0v) is 20.2. The van der Waals surface area contributed by atoms with Gasteiger partial charge in [0.1, 0.15) is 5.75 Å². The van der Waals surface area contributed by atoms with Gasteiger partial charge in [0.25, 0.3) is 0 Å². The SMILES string of the molecule is CCNC(=NCc1ccn(-c2ccc(OC)cc2)n1)N1CC(C)C(C(=O)OC)C1.I.